The lowest BCUT2D eigenvalue weighted by atomic mass is 9.87. The highest BCUT2D eigenvalue weighted by Crippen LogP contribution is 2.30. The zero-order chi connectivity index (χ0) is 22.6. The predicted molar refractivity (Wildman–Crippen MR) is 117 cm³/mol. The average molecular weight is 466 g/mol. The Kier molecular flexibility index (Phi) is 10.8. The molecular weight excluding hydrogens is 432 g/mol. The topological polar surface area (TPSA) is 94.1 Å². The van der Waals surface area contributed by atoms with Gasteiger partial charge in [-0.05, 0) is 36.8 Å². The molecule has 2 fully saturated rings. The molecule has 2 aliphatic carbocycles. The van der Waals surface area contributed by atoms with Crippen molar-refractivity contribution in [2.45, 2.75) is 81.9 Å². The highest BCUT2D eigenvalue weighted by molar-refractivity contribution is 7.94. The second-order valence-corrected chi connectivity index (χ2v) is 9.50. The fourth-order valence-electron chi connectivity index (χ4n) is 4.77. The van der Waals surface area contributed by atoms with Crippen molar-refractivity contribution in [3.8, 4) is 0 Å². The van der Waals surface area contributed by atoms with Crippen molar-refractivity contribution in [1.82, 2.24) is 0 Å². The molecule has 0 heterocycles. The second-order valence-electron chi connectivity index (χ2n) is 8.76. The van der Waals surface area contributed by atoms with E-state index in [1.165, 1.54) is 57.4 Å². The number of hydrogen-bond acceptors (Lipinski definition) is 8. The van der Waals surface area contributed by atoms with Crippen molar-refractivity contribution < 1.29 is 33.7 Å². The Labute approximate surface area is 194 Å². The third kappa shape index (κ3) is 7.76. The summed E-state index contributed by atoms with van der Waals surface area (Å²) in [6.07, 6.45) is 13.8. The number of hydrogen-bond donors (Lipinski definition) is 0. The fourth-order valence-corrected chi connectivity index (χ4v) is 5.28. The van der Waals surface area contributed by atoms with Crippen molar-refractivity contribution in [1.29, 1.82) is 0 Å². The van der Waals surface area contributed by atoms with E-state index in [4.69, 9.17) is 9.47 Å². The van der Waals surface area contributed by atoms with Gasteiger partial charge in [0, 0.05) is 0 Å². The van der Waals surface area contributed by atoms with Gasteiger partial charge in [0.15, 0.2) is 0 Å². The molecule has 0 bridgehead atoms. The van der Waals surface area contributed by atoms with Crippen LogP contribution in [0.4, 0.5) is 0 Å². The van der Waals surface area contributed by atoms with E-state index in [1.54, 1.807) is 12.1 Å². The van der Waals surface area contributed by atoms with Gasteiger partial charge in [-0.25, -0.2) is 9.59 Å². The molecule has 0 aliphatic heterocycles. The first kappa shape index (κ1) is 25.0. The standard InChI is InChI=1S/C24H34O7S/c25-23(28-16-14-18-8-3-1-4-9-18)20-12-7-13-21(32-31-30-27)22(20)24(26)29-17-15-19-10-5-2-6-11-19/h7,12-13,18-19,27H,1-6,8-11,14-17H2/p-1. The summed E-state index contributed by atoms with van der Waals surface area (Å²) in [4.78, 5) is 26.0. The second kappa shape index (κ2) is 13.8. The number of ether oxygens (including phenoxy) is 2. The van der Waals surface area contributed by atoms with Gasteiger partial charge in [-0.15, -0.1) is 0 Å². The molecule has 0 atom stereocenters. The molecule has 0 aromatic heterocycles. The van der Waals surface area contributed by atoms with Crippen molar-refractivity contribution in [2.75, 3.05) is 13.2 Å². The monoisotopic (exact) mass is 465 g/mol. The molecule has 0 unspecified atom stereocenters. The van der Waals surface area contributed by atoms with Crippen LogP contribution < -0.4 is 5.26 Å². The maximum atomic E-state index is 12.9. The molecule has 1 aromatic carbocycles. The minimum Gasteiger partial charge on any atom is -0.691 e. The zero-order valence-corrected chi connectivity index (χ0v) is 19.4. The molecule has 32 heavy (non-hydrogen) atoms. The molecule has 0 saturated heterocycles. The van der Waals surface area contributed by atoms with Gasteiger partial charge in [-0.1, -0.05) is 70.3 Å². The molecule has 2 saturated carbocycles. The quantitative estimate of drug-likeness (QED) is 0.191. The van der Waals surface area contributed by atoms with E-state index in [1.807, 2.05) is 0 Å². The molecule has 178 valence electrons. The van der Waals surface area contributed by atoms with Crippen molar-refractivity contribution in [3.63, 3.8) is 0 Å². The molecule has 0 radical (unpaired) electrons. The van der Waals surface area contributed by atoms with Gasteiger partial charge >= 0.3 is 11.9 Å². The number of benzene rings is 1. The molecule has 0 amide bonds. The molecule has 0 spiro atoms. The fraction of sp³-hybridized carbons (Fsp3) is 0.667. The van der Waals surface area contributed by atoms with Crippen LogP contribution in [0.3, 0.4) is 0 Å². The van der Waals surface area contributed by atoms with Gasteiger partial charge in [0.2, 0.25) is 0 Å². The summed E-state index contributed by atoms with van der Waals surface area (Å²) in [5.41, 5.74) is 0.150. The van der Waals surface area contributed by atoms with Gasteiger partial charge < -0.3 is 14.7 Å². The SMILES string of the molecule is O=C(OCCC1CCCCC1)c1cccc(SOO[O-])c1C(=O)OCCC1CCCCC1. The third-order valence-electron chi connectivity index (χ3n) is 6.57. The Morgan fingerprint density at radius 3 is 1.97 bits per heavy atom. The Hall–Kier alpha value is -1.61. The van der Waals surface area contributed by atoms with E-state index >= 15 is 0 Å². The smallest absolute Gasteiger partial charge is 0.340 e. The first-order valence-electron chi connectivity index (χ1n) is 11.8. The van der Waals surface area contributed by atoms with E-state index in [-0.39, 0.29) is 22.6 Å². The largest absolute Gasteiger partial charge is 0.691 e. The predicted octanol–water partition coefficient (Wildman–Crippen LogP) is 5.17. The van der Waals surface area contributed by atoms with Crippen LogP contribution in [0.5, 0.6) is 0 Å². The molecule has 2 aliphatic rings. The van der Waals surface area contributed by atoms with Crippen LogP contribution in [0.1, 0.15) is 97.8 Å². The van der Waals surface area contributed by atoms with Gasteiger partial charge in [-0.3, -0.25) is 5.04 Å². The van der Waals surface area contributed by atoms with Gasteiger partial charge in [0.1, 0.15) is 0 Å². The highest BCUT2D eigenvalue weighted by Gasteiger charge is 2.25. The number of carbonyl (C=O) groups excluding carboxylic acids is 2. The van der Waals surface area contributed by atoms with Crippen molar-refractivity contribution in [3.05, 3.63) is 29.3 Å². The van der Waals surface area contributed by atoms with E-state index in [2.05, 4.69) is 9.37 Å². The van der Waals surface area contributed by atoms with Gasteiger partial charge in [-0.2, -0.15) is 4.33 Å². The lowest BCUT2D eigenvalue weighted by Gasteiger charge is -2.21. The zero-order valence-electron chi connectivity index (χ0n) is 18.6. The summed E-state index contributed by atoms with van der Waals surface area (Å²) in [6.45, 7) is 0.606. The maximum absolute atomic E-state index is 12.9. The molecular formula is C24H33O7S-. The maximum Gasteiger partial charge on any atom is 0.340 e. The van der Waals surface area contributed by atoms with Crippen molar-refractivity contribution >= 4 is 24.0 Å². The normalized spacial score (nSPS) is 17.8. The van der Waals surface area contributed by atoms with E-state index in [0.717, 1.165) is 25.7 Å². The van der Waals surface area contributed by atoms with E-state index in [0.29, 0.717) is 30.5 Å². The van der Waals surface area contributed by atoms with Crippen LogP contribution in [0, 0.1) is 11.8 Å². The van der Waals surface area contributed by atoms with Crippen LogP contribution in [0.2, 0.25) is 0 Å². The van der Waals surface area contributed by atoms with Crippen molar-refractivity contribution in [2.24, 2.45) is 11.8 Å². The lowest BCUT2D eigenvalue weighted by Crippen LogP contribution is -2.18. The molecule has 1 aromatic rings. The summed E-state index contributed by atoms with van der Waals surface area (Å²) in [5.74, 6) is -0.0453. The van der Waals surface area contributed by atoms with E-state index in [9.17, 15) is 14.8 Å². The summed E-state index contributed by atoms with van der Waals surface area (Å²) < 4.78 is 15.4. The average Bonchev–Trinajstić information content (AvgIpc) is 2.83. The minimum absolute atomic E-state index is 0.0425. The number of rotatable bonds is 11. The summed E-state index contributed by atoms with van der Waals surface area (Å²) in [5, 5.41) is 13.7. The van der Waals surface area contributed by atoms with Crippen LogP contribution in [0.25, 0.3) is 0 Å². The van der Waals surface area contributed by atoms with E-state index < -0.39 is 11.9 Å². The Morgan fingerprint density at radius 2 is 1.41 bits per heavy atom. The molecule has 0 N–H and O–H groups in total. The van der Waals surface area contributed by atoms with Crippen LogP contribution in [-0.4, -0.2) is 25.2 Å². The molecule has 7 nitrogen and oxygen atoms in total. The summed E-state index contributed by atoms with van der Waals surface area (Å²) >= 11 is 0.572. The molecule has 3 rings (SSSR count). The third-order valence-corrected chi connectivity index (χ3v) is 7.21. The highest BCUT2D eigenvalue weighted by atomic mass is 32.2. The van der Waals surface area contributed by atoms with Gasteiger partial charge in [0.25, 0.3) is 0 Å². The number of carbonyl (C=O) groups is 2. The first-order chi connectivity index (χ1) is 15.7. The Bertz CT molecular complexity index is 727. The minimum atomic E-state index is -0.627. The Morgan fingerprint density at radius 1 is 0.844 bits per heavy atom. The number of esters is 2. The first-order valence-corrected chi connectivity index (χ1v) is 12.5. The Balaban J connectivity index is 1.61. The van der Waals surface area contributed by atoms with Crippen LogP contribution >= 0.6 is 12.0 Å². The summed E-state index contributed by atoms with van der Waals surface area (Å²) in [6, 6.07) is 4.70. The van der Waals surface area contributed by atoms with Gasteiger partial charge in [0.05, 0.1) is 41.3 Å². The molecule has 8 heteroatoms. The lowest BCUT2D eigenvalue weighted by molar-refractivity contribution is -0.777. The van der Waals surface area contributed by atoms with Crippen LogP contribution in [0.15, 0.2) is 23.1 Å². The van der Waals surface area contributed by atoms with Crippen LogP contribution in [-0.2, 0) is 18.8 Å². The summed E-state index contributed by atoms with van der Waals surface area (Å²) in [7, 11) is 0.